The summed E-state index contributed by atoms with van der Waals surface area (Å²) in [6, 6.07) is 10.4. The minimum atomic E-state index is 0.635. The van der Waals surface area contributed by atoms with Crippen molar-refractivity contribution in [3.05, 3.63) is 53.2 Å². The highest BCUT2D eigenvalue weighted by atomic mass is 32.1. The maximum absolute atomic E-state index is 5.15. The molecule has 4 nitrogen and oxygen atoms in total. The fourth-order valence-electron chi connectivity index (χ4n) is 2.11. The van der Waals surface area contributed by atoms with E-state index in [9.17, 15) is 0 Å². The first-order valence-corrected chi connectivity index (χ1v) is 7.23. The Kier molecular flexibility index (Phi) is 3.90. The number of thiophene rings is 1. The highest BCUT2D eigenvalue weighted by molar-refractivity contribution is 7.16. The first-order chi connectivity index (χ1) is 9.86. The SMILES string of the molecule is COCc1cccc(CNc2ncnc3sccc23)c1. The Balaban J connectivity index is 1.76. The minimum absolute atomic E-state index is 0.635. The Hall–Kier alpha value is -1.98. The van der Waals surface area contributed by atoms with E-state index in [2.05, 4.69) is 33.5 Å². The molecule has 0 fully saturated rings. The number of nitrogens with one attached hydrogen (secondary N) is 1. The molecule has 102 valence electrons. The molecule has 20 heavy (non-hydrogen) atoms. The van der Waals surface area contributed by atoms with Crippen LogP contribution < -0.4 is 5.32 Å². The Morgan fingerprint density at radius 3 is 3.00 bits per heavy atom. The van der Waals surface area contributed by atoms with E-state index in [1.807, 2.05) is 17.5 Å². The Labute approximate surface area is 121 Å². The zero-order valence-corrected chi connectivity index (χ0v) is 12.0. The largest absolute Gasteiger partial charge is 0.380 e. The monoisotopic (exact) mass is 285 g/mol. The number of nitrogens with zero attached hydrogens (tertiary/aromatic N) is 2. The molecule has 0 aliphatic heterocycles. The van der Waals surface area contributed by atoms with Gasteiger partial charge in [0.05, 0.1) is 12.0 Å². The van der Waals surface area contributed by atoms with Gasteiger partial charge in [0, 0.05) is 13.7 Å². The average Bonchev–Trinajstić information content (AvgIpc) is 2.95. The molecule has 3 aromatic rings. The summed E-state index contributed by atoms with van der Waals surface area (Å²) in [5.41, 5.74) is 2.39. The third kappa shape index (κ3) is 2.79. The zero-order valence-electron chi connectivity index (χ0n) is 11.2. The normalized spacial score (nSPS) is 10.8. The van der Waals surface area contributed by atoms with Gasteiger partial charge in [-0.15, -0.1) is 11.3 Å². The number of rotatable bonds is 5. The van der Waals surface area contributed by atoms with Gasteiger partial charge < -0.3 is 10.1 Å². The second-order valence-corrected chi connectivity index (χ2v) is 5.36. The summed E-state index contributed by atoms with van der Waals surface area (Å²) in [4.78, 5) is 9.57. The molecule has 0 amide bonds. The van der Waals surface area contributed by atoms with E-state index in [1.165, 1.54) is 11.1 Å². The molecule has 5 heteroatoms. The van der Waals surface area contributed by atoms with Crippen molar-refractivity contribution in [1.82, 2.24) is 9.97 Å². The van der Waals surface area contributed by atoms with Crippen molar-refractivity contribution >= 4 is 27.4 Å². The average molecular weight is 285 g/mol. The van der Waals surface area contributed by atoms with Gasteiger partial charge in [0.15, 0.2) is 0 Å². The van der Waals surface area contributed by atoms with Crippen LogP contribution in [0.4, 0.5) is 5.82 Å². The molecule has 0 radical (unpaired) electrons. The molecule has 1 N–H and O–H groups in total. The Bertz CT molecular complexity index is 711. The number of hydrogen-bond donors (Lipinski definition) is 1. The van der Waals surface area contributed by atoms with E-state index in [-0.39, 0.29) is 0 Å². The lowest BCUT2D eigenvalue weighted by molar-refractivity contribution is 0.185. The first kappa shape index (κ1) is 13.0. The predicted molar refractivity (Wildman–Crippen MR) is 81.9 cm³/mol. The molecule has 0 atom stereocenters. The second-order valence-electron chi connectivity index (χ2n) is 4.47. The molecule has 1 aromatic carbocycles. The van der Waals surface area contributed by atoms with Gasteiger partial charge in [0.2, 0.25) is 0 Å². The van der Waals surface area contributed by atoms with Crippen LogP contribution >= 0.6 is 11.3 Å². The molecule has 0 unspecified atom stereocenters. The highest BCUT2D eigenvalue weighted by Crippen LogP contribution is 2.24. The third-order valence-electron chi connectivity index (χ3n) is 3.02. The molecule has 0 aliphatic carbocycles. The summed E-state index contributed by atoms with van der Waals surface area (Å²) >= 11 is 1.62. The van der Waals surface area contributed by atoms with Crippen molar-refractivity contribution in [1.29, 1.82) is 0 Å². The van der Waals surface area contributed by atoms with Crippen molar-refractivity contribution in [3.8, 4) is 0 Å². The molecular weight excluding hydrogens is 270 g/mol. The summed E-state index contributed by atoms with van der Waals surface area (Å²) in [6.07, 6.45) is 1.60. The van der Waals surface area contributed by atoms with Crippen molar-refractivity contribution in [2.45, 2.75) is 13.2 Å². The standard InChI is InChI=1S/C15H15N3OS/c1-19-9-12-4-2-3-11(7-12)8-16-14-13-5-6-20-15(13)18-10-17-14/h2-7,10H,8-9H2,1H3,(H,16,17,18). The molecule has 0 spiro atoms. The summed E-state index contributed by atoms with van der Waals surface area (Å²) in [6.45, 7) is 1.37. The number of aromatic nitrogens is 2. The van der Waals surface area contributed by atoms with Gasteiger partial charge in [-0.25, -0.2) is 9.97 Å². The lowest BCUT2D eigenvalue weighted by atomic mass is 10.1. The quantitative estimate of drug-likeness (QED) is 0.780. The summed E-state index contributed by atoms with van der Waals surface area (Å²) < 4.78 is 5.15. The third-order valence-corrected chi connectivity index (χ3v) is 3.84. The van der Waals surface area contributed by atoms with E-state index >= 15 is 0 Å². The van der Waals surface area contributed by atoms with Crippen LogP contribution in [0.3, 0.4) is 0 Å². The van der Waals surface area contributed by atoms with Gasteiger partial charge in [-0.1, -0.05) is 24.3 Å². The van der Waals surface area contributed by atoms with Crippen LogP contribution in [-0.2, 0) is 17.9 Å². The van der Waals surface area contributed by atoms with Gasteiger partial charge in [-0.3, -0.25) is 0 Å². The summed E-state index contributed by atoms with van der Waals surface area (Å²) in [5, 5.41) is 6.48. The van der Waals surface area contributed by atoms with E-state index in [0.29, 0.717) is 6.61 Å². The van der Waals surface area contributed by atoms with Gasteiger partial charge in [0.25, 0.3) is 0 Å². The van der Waals surface area contributed by atoms with Crippen molar-refractivity contribution in [2.75, 3.05) is 12.4 Å². The zero-order chi connectivity index (χ0) is 13.8. The lowest BCUT2D eigenvalue weighted by Crippen LogP contribution is -2.02. The van der Waals surface area contributed by atoms with Crippen molar-refractivity contribution < 1.29 is 4.74 Å². The topological polar surface area (TPSA) is 47.0 Å². The Morgan fingerprint density at radius 2 is 2.10 bits per heavy atom. The van der Waals surface area contributed by atoms with Crippen LogP contribution in [-0.4, -0.2) is 17.1 Å². The van der Waals surface area contributed by atoms with Crippen LogP contribution in [0.1, 0.15) is 11.1 Å². The number of methoxy groups -OCH3 is 1. The van der Waals surface area contributed by atoms with Crippen molar-refractivity contribution in [2.24, 2.45) is 0 Å². The molecule has 0 aliphatic rings. The van der Waals surface area contributed by atoms with E-state index in [4.69, 9.17) is 4.74 Å². The molecule has 0 saturated heterocycles. The Morgan fingerprint density at radius 1 is 1.20 bits per heavy atom. The fourth-order valence-corrected chi connectivity index (χ4v) is 2.85. The second kappa shape index (κ2) is 5.98. The van der Waals surface area contributed by atoms with E-state index < -0.39 is 0 Å². The minimum Gasteiger partial charge on any atom is -0.380 e. The lowest BCUT2D eigenvalue weighted by Gasteiger charge is -2.08. The maximum Gasteiger partial charge on any atom is 0.138 e. The molecule has 0 saturated carbocycles. The van der Waals surface area contributed by atoms with Gasteiger partial charge in [-0.2, -0.15) is 0 Å². The number of anilines is 1. The molecule has 3 rings (SSSR count). The summed E-state index contributed by atoms with van der Waals surface area (Å²) in [5.74, 6) is 0.883. The highest BCUT2D eigenvalue weighted by Gasteiger charge is 2.04. The van der Waals surface area contributed by atoms with Crippen LogP contribution in [0.5, 0.6) is 0 Å². The number of fused-ring (bicyclic) bond motifs is 1. The molecule has 2 heterocycles. The molecule has 2 aromatic heterocycles. The number of ether oxygens (including phenoxy) is 1. The van der Waals surface area contributed by atoms with E-state index in [1.54, 1.807) is 24.8 Å². The fraction of sp³-hybridized carbons (Fsp3) is 0.200. The van der Waals surface area contributed by atoms with Crippen LogP contribution in [0, 0.1) is 0 Å². The number of benzene rings is 1. The smallest absolute Gasteiger partial charge is 0.138 e. The van der Waals surface area contributed by atoms with Gasteiger partial charge in [0.1, 0.15) is 17.0 Å². The summed E-state index contributed by atoms with van der Waals surface area (Å²) in [7, 11) is 1.71. The molecule has 0 bridgehead atoms. The maximum atomic E-state index is 5.15. The van der Waals surface area contributed by atoms with Crippen LogP contribution in [0.2, 0.25) is 0 Å². The van der Waals surface area contributed by atoms with Gasteiger partial charge >= 0.3 is 0 Å². The molecular formula is C15H15N3OS. The van der Waals surface area contributed by atoms with Crippen LogP contribution in [0.25, 0.3) is 10.2 Å². The number of hydrogen-bond acceptors (Lipinski definition) is 5. The van der Waals surface area contributed by atoms with Crippen LogP contribution in [0.15, 0.2) is 42.0 Å². The van der Waals surface area contributed by atoms with Gasteiger partial charge in [-0.05, 0) is 22.6 Å². The predicted octanol–water partition coefficient (Wildman–Crippen LogP) is 3.45. The first-order valence-electron chi connectivity index (χ1n) is 6.35. The van der Waals surface area contributed by atoms with E-state index in [0.717, 1.165) is 22.6 Å². The van der Waals surface area contributed by atoms with Crippen molar-refractivity contribution in [3.63, 3.8) is 0 Å².